The van der Waals surface area contributed by atoms with Crippen LogP contribution in [0.5, 0.6) is 0 Å². The summed E-state index contributed by atoms with van der Waals surface area (Å²) in [6.07, 6.45) is 1.71. The summed E-state index contributed by atoms with van der Waals surface area (Å²) in [5.41, 5.74) is 13.9. The molecule has 0 bridgehead atoms. The number of nitrogens with two attached hydrogens (primary N) is 1. The van der Waals surface area contributed by atoms with E-state index in [4.69, 9.17) is 15.7 Å². The van der Waals surface area contributed by atoms with Gasteiger partial charge in [0.05, 0.1) is 17.2 Å². The van der Waals surface area contributed by atoms with Gasteiger partial charge in [-0.25, -0.2) is 9.97 Å². The largest absolute Gasteiger partial charge is 0.383 e. The Hall–Kier alpha value is -4.52. The van der Waals surface area contributed by atoms with Crippen LogP contribution in [0.4, 0.5) is 11.5 Å². The third-order valence-corrected chi connectivity index (χ3v) is 6.44. The summed E-state index contributed by atoms with van der Waals surface area (Å²) in [6, 6.07) is 21.6. The smallest absolute Gasteiger partial charge is 0.261 e. The highest BCUT2D eigenvalue weighted by atomic mass is 16.1. The minimum atomic E-state index is -0.357. The van der Waals surface area contributed by atoms with Crippen molar-refractivity contribution in [3.63, 3.8) is 0 Å². The second-order valence-electron chi connectivity index (χ2n) is 10.3. The summed E-state index contributed by atoms with van der Waals surface area (Å²) in [4.78, 5) is 23.1. The van der Waals surface area contributed by atoms with Crippen molar-refractivity contribution >= 4 is 45.8 Å². The highest BCUT2D eigenvalue weighted by Gasteiger charge is 2.24. The molecule has 0 fully saturated rings. The maximum absolute atomic E-state index is 13.5. The fourth-order valence-electron chi connectivity index (χ4n) is 4.24. The fourth-order valence-corrected chi connectivity index (χ4v) is 4.24. The number of nitrogen functional groups attached to an aromatic ring is 1. The van der Waals surface area contributed by atoms with Crippen molar-refractivity contribution in [2.45, 2.75) is 40.0 Å². The van der Waals surface area contributed by atoms with Gasteiger partial charge in [0.2, 0.25) is 0 Å². The van der Waals surface area contributed by atoms with Crippen LogP contribution in [0.15, 0.2) is 71.8 Å². The third-order valence-electron chi connectivity index (χ3n) is 6.44. The van der Waals surface area contributed by atoms with Gasteiger partial charge in [0, 0.05) is 5.69 Å². The number of carbonyl (C=O) groups excluding carboxylic acids is 1. The van der Waals surface area contributed by atoms with Gasteiger partial charge in [-0.2, -0.15) is 9.78 Å². The first-order valence-corrected chi connectivity index (χ1v) is 12.2. The first-order chi connectivity index (χ1) is 17.6. The molecule has 0 atom stereocenters. The molecule has 2 heterocycles. The molecule has 0 aliphatic carbocycles. The van der Waals surface area contributed by atoms with Gasteiger partial charge in [-0.15, -0.1) is 0 Å². The normalized spacial score (nSPS) is 12.0. The predicted molar refractivity (Wildman–Crippen MR) is 151 cm³/mol. The maximum atomic E-state index is 13.5. The molecule has 5 rings (SSSR count). The minimum Gasteiger partial charge on any atom is -0.383 e. The Morgan fingerprint density at radius 3 is 2.32 bits per heavy atom. The van der Waals surface area contributed by atoms with Crippen molar-refractivity contribution in [2.24, 2.45) is 5.10 Å². The summed E-state index contributed by atoms with van der Waals surface area (Å²) in [5.74, 6) is -0.181. The Morgan fingerprint density at radius 1 is 0.973 bits per heavy atom. The second kappa shape index (κ2) is 9.17. The molecule has 37 heavy (non-hydrogen) atoms. The van der Waals surface area contributed by atoms with Gasteiger partial charge in [-0.05, 0) is 59.7 Å². The molecule has 0 saturated carbocycles. The maximum Gasteiger partial charge on any atom is 0.261 e. The molecule has 7 nitrogen and oxygen atoms in total. The Labute approximate surface area is 216 Å². The van der Waals surface area contributed by atoms with Gasteiger partial charge < -0.3 is 11.1 Å². The quantitative estimate of drug-likeness (QED) is 0.292. The number of para-hydroxylation sites is 2. The van der Waals surface area contributed by atoms with E-state index in [9.17, 15) is 4.79 Å². The van der Waals surface area contributed by atoms with Crippen LogP contribution in [-0.2, 0) is 5.41 Å². The number of aryl methyl sites for hydroxylation is 2. The SMILES string of the molecule is Cc1ccc(C)c(NC(=O)c2c(N)n(N=Cc3ccc(C(C)(C)C)cc3)c3nc4ccccc4nc23)c1. The van der Waals surface area contributed by atoms with Gasteiger partial charge in [-0.3, -0.25) is 4.79 Å². The van der Waals surface area contributed by atoms with E-state index in [1.54, 1.807) is 6.21 Å². The fraction of sp³-hybridized carbons (Fsp3) is 0.200. The summed E-state index contributed by atoms with van der Waals surface area (Å²) >= 11 is 0. The number of anilines is 2. The summed E-state index contributed by atoms with van der Waals surface area (Å²) in [7, 11) is 0. The van der Waals surface area contributed by atoms with Crippen molar-refractivity contribution in [2.75, 3.05) is 11.1 Å². The number of aromatic nitrogens is 3. The van der Waals surface area contributed by atoms with E-state index in [1.165, 1.54) is 10.2 Å². The van der Waals surface area contributed by atoms with Crippen molar-refractivity contribution in [3.8, 4) is 0 Å². The lowest BCUT2D eigenvalue weighted by atomic mass is 9.87. The number of fused-ring (bicyclic) bond motifs is 2. The van der Waals surface area contributed by atoms with Gasteiger partial charge >= 0.3 is 0 Å². The zero-order chi connectivity index (χ0) is 26.3. The number of carbonyl (C=O) groups is 1. The lowest BCUT2D eigenvalue weighted by Gasteiger charge is -2.18. The van der Waals surface area contributed by atoms with Gasteiger partial charge in [-0.1, -0.05) is 69.3 Å². The molecule has 186 valence electrons. The van der Waals surface area contributed by atoms with E-state index >= 15 is 0 Å². The molecule has 7 heteroatoms. The third kappa shape index (κ3) is 4.68. The molecule has 3 N–H and O–H groups in total. The van der Waals surface area contributed by atoms with Crippen molar-refractivity contribution < 1.29 is 4.79 Å². The van der Waals surface area contributed by atoms with Crippen molar-refractivity contribution in [3.05, 3.63) is 94.5 Å². The minimum absolute atomic E-state index is 0.0608. The Kier molecular flexibility index (Phi) is 5.99. The highest BCUT2D eigenvalue weighted by Crippen LogP contribution is 2.29. The number of nitrogens with zero attached hydrogens (tertiary/aromatic N) is 4. The van der Waals surface area contributed by atoms with E-state index in [2.05, 4.69) is 43.3 Å². The first kappa shape index (κ1) is 24.2. The average molecular weight is 491 g/mol. The molecule has 5 aromatic rings. The van der Waals surface area contributed by atoms with E-state index in [0.29, 0.717) is 22.2 Å². The number of benzene rings is 3. The van der Waals surface area contributed by atoms with Crippen LogP contribution < -0.4 is 11.1 Å². The molecule has 2 aromatic heterocycles. The second-order valence-corrected chi connectivity index (χ2v) is 10.3. The van der Waals surface area contributed by atoms with Crippen LogP contribution in [0.3, 0.4) is 0 Å². The molecule has 0 saturated heterocycles. The van der Waals surface area contributed by atoms with Gasteiger partial charge in [0.15, 0.2) is 5.65 Å². The van der Waals surface area contributed by atoms with Crippen LogP contribution in [0, 0.1) is 13.8 Å². The van der Waals surface area contributed by atoms with Crippen LogP contribution in [0.25, 0.3) is 22.2 Å². The molecule has 0 aliphatic heterocycles. The number of amides is 1. The standard InChI is InChI=1S/C30H30N6O/c1-18-10-11-19(2)24(16-18)35-29(37)25-26-28(34-23-9-7-6-8-22(23)33-26)36(27(25)31)32-17-20-12-14-21(15-13-20)30(3,4)5/h6-17H,31H2,1-5H3,(H,35,37). The Morgan fingerprint density at radius 2 is 1.65 bits per heavy atom. The number of hydrogen-bond acceptors (Lipinski definition) is 5. The zero-order valence-electron chi connectivity index (χ0n) is 21.7. The van der Waals surface area contributed by atoms with Crippen LogP contribution in [0.2, 0.25) is 0 Å². The van der Waals surface area contributed by atoms with Gasteiger partial charge in [0.1, 0.15) is 16.9 Å². The molecule has 1 amide bonds. The van der Waals surface area contributed by atoms with Crippen LogP contribution in [0.1, 0.15) is 53.4 Å². The average Bonchev–Trinajstić information content (AvgIpc) is 3.13. The number of rotatable bonds is 4. The number of nitrogens with one attached hydrogen (secondary N) is 1. The molecule has 0 spiro atoms. The Balaban J connectivity index is 1.62. The van der Waals surface area contributed by atoms with Crippen LogP contribution >= 0.6 is 0 Å². The van der Waals surface area contributed by atoms with Crippen LogP contribution in [-0.4, -0.2) is 26.8 Å². The predicted octanol–water partition coefficient (Wildman–Crippen LogP) is 6.22. The molecule has 0 radical (unpaired) electrons. The molecule has 0 aliphatic rings. The zero-order valence-corrected chi connectivity index (χ0v) is 21.7. The molecular formula is C30H30N6O. The topological polar surface area (TPSA) is 98.2 Å². The molecule has 3 aromatic carbocycles. The Bertz CT molecular complexity index is 1670. The monoisotopic (exact) mass is 490 g/mol. The van der Waals surface area contributed by atoms with E-state index in [1.807, 2.05) is 68.4 Å². The van der Waals surface area contributed by atoms with E-state index in [-0.39, 0.29) is 22.7 Å². The highest BCUT2D eigenvalue weighted by molar-refractivity contribution is 6.16. The number of hydrogen-bond donors (Lipinski definition) is 2. The van der Waals surface area contributed by atoms with E-state index in [0.717, 1.165) is 22.4 Å². The van der Waals surface area contributed by atoms with Gasteiger partial charge in [0.25, 0.3) is 5.91 Å². The summed E-state index contributed by atoms with van der Waals surface area (Å²) in [6.45, 7) is 10.5. The first-order valence-electron chi connectivity index (χ1n) is 12.2. The summed E-state index contributed by atoms with van der Waals surface area (Å²) in [5, 5.41) is 7.63. The lowest BCUT2D eigenvalue weighted by Crippen LogP contribution is -2.15. The summed E-state index contributed by atoms with van der Waals surface area (Å²) < 4.78 is 1.49. The lowest BCUT2D eigenvalue weighted by molar-refractivity contribution is 0.102. The molecule has 0 unspecified atom stereocenters. The molecular weight excluding hydrogens is 460 g/mol. The van der Waals surface area contributed by atoms with Crippen molar-refractivity contribution in [1.82, 2.24) is 14.6 Å². The van der Waals surface area contributed by atoms with Crippen molar-refractivity contribution in [1.29, 1.82) is 0 Å². The van der Waals surface area contributed by atoms with E-state index < -0.39 is 0 Å².